The number of amides is 1. The second-order valence-electron chi connectivity index (χ2n) is 10.1. The van der Waals surface area contributed by atoms with E-state index in [0.29, 0.717) is 17.7 Å². The molecule has 3 aliphatic carbocycles. The topological polar surface area (TPSA) is 49.3 Å². The van der Waals surface area contributed by atoms with Crippen molar-refractivity contribution >= 4 is 33.3 Å². The van der Waals surface area contributed by atoms with Crippen LogP contribution >= 0.6 is 11.3 Å². The number of fused-ring (bicyclic) bond motifs is 3. The van der Waals surface area contributed by atoms with Crippen molar-refractivity contribution in [3.63, 3.8) is 0 Å². The zero-order valence-corrected chi connectivity index (χ0v) is 19.4. The van der Waals surface area contributed by atoms with Crippen LogP contribution in [-0.4, -0.2) is 47.0 Å². The second kappa shape index (κ2) is 8.34. The van der Waals surface area contributed by atoms with Gasteiger partial charge >= 0.3 is 0 Å². The van der Waals surface area contributed by atoms with Crippen molar-refractivity contribution in [1.29, 1.82) is 0 Å². The first kappa shape index (κ1) is 20.0. The molecule has 2 aromatic heterocycles. The summed E-state index contributed by atoms with van der Waals surface area (Å²) in [7, 11) is 0. The fourth-order valence-electron chi connectivity index (χ4n) is 5.98. The number of rotatable bonds is 3. The van der Waals surface area contributed by atoms with Crippen LogP contribution in [0.15, 0.2) is 0 Å². The smallest absolute Gasteiger partial charge is 0.225 e. The standard InChI is InChI=1S/C25H34N4OS/c30-25(18-9-6-10-18)29-15-13-28(14-16-29)23-21-19-11-4-5-12-20(19)31-24(21)27-22(26-23)17-7-2-1-3-8-17/h17-18H,1-16H2. The minimum Gasteiger partial charge on any atom is -0.352 e. The third-order valence-corrected chi connectivity index (χ3v) is 9.31. The Labute approximate surface area is 189 Å². The highest BCUT2D eigenvalue weighted by Gasteiger charge is 2.33. The van der Waals surface area contributed by atoms with Gasteiger partial charge in [0.1, 0.15) is 16.5 Å². The monoisotopic (exact) mass is 438 g/mol. The number of hydrogen-bond acceptors (Lipinski definition) is 5. The summed E-state index contributed by atoms with van der Waals surface area (Å²) in [6.45, 7) is 3.48. The van der Waals surface area contributed by atoms with Crippen LogP contribution in [0.1, 0.15) is 86.4 Å². The van der Waals surface area contributed by atoms with Gasteiger partial charge in [0, 0.05) is 42.9 Å². The Bertz CT molecular complexity index is 968. The van der Waals surface area contributed by atoms with Crippen LogP contribution in [-0.2, 0) is 17.6 Å². The van der Waals surface area contributed by atoms with Crippen molar-refractivity contribution in [2.24, 2.45) is 5.92 Å². The van der Waals surface area contributed by atoms with Gasteiger partial charge in [-0.05, 0) is 56.9 Å². The molecule has 0 aromatic carbocycles. The van der Waals surface area contributed by atoms with E-state index in [1.54, 1.807) is 4.88 Å². The van der Waals surface area contributed by atoms with Gasteiger partial charge in [0.05, 0.1) is 5.39 Å². The van der Waals surface area contributed by atoms with E-state index in [9.17, 15) is 4.79 Å². The Morgan fingerprint density at radius 1 is 0.839 bits per heavy atom. The molecule has 3 fully saturated rings. The number of piperazine rings is 1. The molecule has 0 atom stereocenters. The number of aromatic nitrogens is 2. The van der Waals surface area contributed by atoms with Gasteiger partial charge in [-0.15, -0.1) is 11.3 Å². The van der Waals surface area contributed by atoms with Crippen LogP contribution in [0.5, 0.6) is 0 Å². The van der Waals surface area contributed by atoms with Crippen molar-refractivity contribution in [2.45, 2.75) is 83.0 Å². The van der Waals surface area contributed by atoms with Crippen LogP contribution in [0.2, 0.25) is 0 Å². The predicted octanol–water partition coefficient (Wildman–Crippen LogP) is 5.07. The average molecular weight is 439 g/mol. The molecule has 0 bridgehead atoms. The third-order valence-electron chi connectivity index (χ3n) is 8.13. The summed E-state index contributed by atoms with van der Waals surface area (Å²) >= 11 is 1.93. The molecule has 5 nitrogen and oxygen atoms in total. The van der Waals surface area contributed by atoms with Gasteiger partial charge in [0.25, 0.3) is 0 Å². The number of aryl methyl sites for hydroxylation is 2. The van der Waals surface area contributed by atoms with E-state index < -0.39 is 0 Å². The molecule has 0 unspecified atom stereocenters. The Balaban J connectivity index is 1.32. The van der Waals surface area contributed by atoms with Crippen LogP contribution in [0, 0.1) is 5.92 Å². The van der Waals surface area contributed by atoms with Crippen molar-refractivity contribution in [3.05, 3.63) is 16.3 Å². The molecule has 1 aliphatic heterocycles. The Morgan fingerprint density at radius 2 is 1.61 bits per heavy atom. The molecule has 6 rings (SSSR count). The maximum atomic E-state index is 12.7. The number of hydrogen-bond donors (Lipinski definition) is 0. The SMILES string of the molecule is O=C(C1CCC1)N1CCN(c2nc(C3CCCCC3)nc3sc4c(c23)CCCC4)CC1. The molecule has 1 amide bonds. The van der Waals surface area contributed by atoms with Crippen molar-refractivity contribution in [3.8, 4) is 0 Å². The molecule has 31 heavy (non-hydrogen) atoms. The van der Waals surface area contributed by atoms with Gasteiger partial charge < -0.3 is 9.80 Å². The molecular formula is C25H34N4OS. The van der Waals surface area contributed by atoms with E-state index in [1.165, 1.54) is 85.8 Å². The highest BCUT2D eigenvalue weighted by atomic mass is 32.1. The number of anilines is 1. The lowest BCUT2D eigenvalue weighted by molar-refractivity contribution is -0.138. The Kier molecular flexibility index (Phi) is 5.37. The Morgan fingerprint density at radius 3 is 2.35 bits per heavy atom. The maximum absolute atomic E-state index is 12.7. The highest BCUT2D eigenvalue weighted by molar-refractivity contribution is 7.19. The first-order valence-corrected chi connectivity index (χ1v) is 13.5. The van der Waals surface area contributed by atoms with E-state index in [2.05, 4.69) is 9.80 Å². The van der Waals surface area contributed by atoms with Crippen molar-refractivity contribution < 1.29 is 4.79 Å². The van der Waals surface area contributed by atoms with Gasteiger partial charge in [0.15, 0.2) is 0 Å². The fourth-order valence-corrected chi connectivity index (χ4v) is 7.24. The summed E-state index contributed by atoms with van der Waals surface area (Å²) in [5.74, 6) is 3.50. The average Bonchev–Trinajstić information content (AvgIpc) is 3.16. The summed E-state index contributed by atoms with van der Waals surface area (Å²) in [6.07, 6.45) is 14.8. The highest BCUT2D eigenvalue weighted by Crippen LogP contribution is 2.42. The molecule has 166 valence electrons. The maximum Gasteiger partial charge on any atom is 0.225 e. The van der Waals surface area contributed by atoms with E-state index >= 15 is 0 Å². The zero-order chi connectivity index (χ0) is 20.8. The van der Waals surface area contributed by atoms with E-state index in [0.717, 1.165) is 44.8 Å². The van der Waals surface area contributed by atoms with Crippen molar-refractivity contribution in [1.82, 2.24) is 14.9 Å². The lowest BCUT2D eigenvalue weighted by Gasteiger charge is -2.39. The molecule has 4 aliphatic rings. The van der Waals surface area contributed by atoms with Gasteiger partial charge in [-0.3, -0.25) is 4.79 Å². The molecule has 6 heteroatoms. The lowest BCUT2D eigenvalue weighted by atomic mass is 9.84. The largest absolute Gasteiger partial charge is 0.352 e. The molecule has 2 aromatic rings. The summed E-state index contributed by atoms with van der Waals surface area (Å²) in [5.41, 5.74) is 1.53. The quantitative estimate of drug-likeness (QED) is 0.672. The fraction of sp³-hybridized carbons (Fsp3) is 0.720. The van der Waals surface area contributed by atoms with Crippen LogP contribution in [0.3, 0.4) is 0 Å². The Hall–Kier alpha value is -1.69. The molecule has 0 radical (unpaired) electrons. The first-order valence-electron chi connectivity index (χ1n) is 12.6. The van der Waals surface area contributed by atoms with E-state index in [-0.39, 0.29) is 0 Å². The zero-order valence-electron chi connectivity index (χ0n) is 18.6. The molecule has 1 saturated heterocycles. The summed E-state index contributed by atoms with van der Waals surface area (Å²) < 4.78 is 0. The minimum atomic E-state index is 0.305. The van der Waals surface area contributed by atoms with Gasteiger partial charge in [0.2, 0.25) is 5.91 Å². The number of nitrogens with zero attached hydrogens (tertiary/aromatic N) is 4. The van der Waals surface area contributed by atoms with Gasteiger partial charge in [-0.25, -0.2) is 9.97 Å². The van der Waals surface area contributed by atoms with E-state index in [4.69, 9.17) is 9.97 Å². The number of thiophene rings is 1. The number of carbonyl (C=O) groups is 1. The van der Waals surface area contributed by atoms with Crippen LogP contribution < -0.4 is 4.90 Å². The normalized spacial score (nSPS) is 23.1. The number of carbonyl (C=O) groups excluding carboxylic acids is 1. The summed E-state index contributed by atoms with van der Waals surface area (Å²) in [5, 5.41) is 1.35. The second-order valence-corrected chi connectivity index (χ2v) is 11.2. The molecule has 3 heterocycles. The molecular weight excluding hydrogens is 404 g/mol. The summed E-state index contributed by atoms with van der Waals surface area (Å²) in [6, 6.07) is 0. The minimum absolute atomic E-state index is 0.305. The van der Waals surface area contributed by atoms with Crippen molar-refractivity contribution in [2.75, 3.05) is 31.1 Å². The lowest BCUT2D eigenvalue weighted by Crippen LogP contribution is -2.51. The molecule has 0 N–H and O–H groups in total. The van der Waals surface area contributed by atoms with Gasteiger partial charge in [-0.2, -0.15) is 0 Å². The van der Waals surface area contributed by atoms with Gasteiger partial charge in [-0.1, -0.05) is 25.7 Å². The van der Waals surface area contributed by atoms with Crippen LogP contribution in [0.4, 0.5) is 5.82 Å². The molecule has 0 spiro atoms. The predicted molar refractivity (Wildman–Crippen MR) is 126 cm³/mol. The first-order chi connectivity index (χ1) is 15.3. The molecule has 2 saturated carbocycles. The van der Waals surface area contributed by atoms with Crippen LogP contribution in [0.25, 0.3) is 10.2 Å². The third kappa shape index (κ3) is 3.65. The van der Waals surface area contributed by atoms with E-state index in [1.807, 2.05) is 11.3 Å². The summed E-state index contributed by atoms with van der Waals surface area (Å²) in [4.78, 5) is 30.5.